The normalized spacial score (nSPS) is 11.5. The summed E-state index contributed by atoms with van der Waals surface area (Å²) in [6.45, 7) is 11.5. The van der Waals surface area contributed by atoms with Crippen molar-refractivity contribution < 1.29 is 38.0 Å². The molecule has 0 rings (SSSR count). The van der Waals surface area contributed by atoms with Crippen LogP contribution in [0.25, 0.3) is 0 Å². The fourth-order valence-corrected chi connectivity index (χ4v) is 2.21. The third kappa shape index (κ3) is 13.9. The Morgan fingerprint density at radius 2 is 0.900 bits per heavy atom. The fraction of sp³-hybridized carbons (Fsp3) is 0.909. The first-order chi connectivity index (χ1) is 14.5. The number of hydrogen-bond donors (Lipinski definition) is 0. The molecule has 0 bridgehead atoms. The Kier molecular flexibility index (Phi) is 18.9. The van der Waals surface area contributed by atoms with Crippen molar-refractivity contribution in [3.8, 4) is 0 Å². The lowest BCUT2D eigenvalue weighted by Crippen LogP contribution is -2.39. The van der Waals surface area contributed by atoms with Crippen LogP contribution < -0.4 is 0 Å². The van der Waals surface area contributed by atoms with Crippen LogP contribution in [0.1, 0.15) is 59.8 Å². The molecule has 8 nitrogen and oxygen atoms in total. The largest absolute Gasteiger partial charge is 0.462 e. The highest BCUT2D eigenvalue weighted by atomic mass is 16.6. The Morgan fingerprint density at radius 1 is 0.567 bits per heavy atom. The molecule has 0 aromatic rings. The van der Waals surface area contributed by atoms with Gasteiger partial charge in [0.15, 0.2) is 5.41 Å². The second kappa shape index (κ2) is 19.7. The summed E-state index contributed by atoms with van der Waals surface area (Å²) in [7, 11) is 0. The molecule has 0 atom stereocenters. The highest BCUT2D eigenvalue weighted by Crippen LogP contribution is 2.25. The number of carbonyl (C=O) groups is 2. The van der Waals surface area contributed by atoms with Gasteiger partial charge in [0, 0.05) is 13.2 Å². The van der Waals surface area contributed by atoms with E-state index in [4.69, 9.17) is 28.4 Å². The van der Waals surface area contributed by atoms with Crippen LogP contribution in [-0.2, 0) is 38.0 Å². The van der Waals surface area contributed by atoms with Gasteiger partial charge < -0.3 is 28.4 Å². The zero-order valence-electron chi connectivity index (χ0n) is 19.4. The van der Waals surface area contributed by atoms with Crippen molar-refractivity contribution in [3.63, 3.8) is 0 Å². The second-order valence-electron chi connectivity index (χ2n) is 7.11. The van der Waals surface area contributed by atoms with Gasteiger partial charge in [0.25, 0.3) is 0 Å². The van der Waals surface area contributed by atoms with Gasteiger partial charge in [-0.05, 0) is 26.2 Å². The number of unbranched alkanes of at least 4 members (excludes halogenated alkanes) is 2. The molecule has 0 aliphatic carbocycles. The maximum atomic E-state index is 12.4. The van der Waals surface area contributed by atoms with Gasteiger partial charge in [-0.1, -0.05) is 33.6 Å². The molecule has 8 heteroatoms. The van der Waals surface area contributed by atoms with Crippen molar-refractivity contribution >= 4 is 11.9 Å². The van der Waals surface area contributed by atoms with Crippen LogP contribution in [0.3, 0.4) is 0 Å². The molecule has 0 aliphatic heterocycles. The summed E-state index contributed by atoms with van der Waals surface area (Å²) in [6.07, 6.45) is 4.53. The minimum absolute atomic E-state index is 0.0812. The topological polar surface area (TPSA) is 89.5 Å². The van der Waals surface area contributed by atoms with E-state index in [9.17, 15) is 9.59 Å². The highest BCUT2D eigenvalue weighted by molar-refractivity contribution is 5.99. The van der Waals surface area contributed by atoms with Crippen LogP contribution in [0.15, 0.2) is 0 Å². The van der Waals surface area contributed by atoms with E-state index < -0.39 is 17.4 Å². The molecule has 30 heavy (non-hydrogen) atoms. The molecular formula is C22H42O8. The number of carbonyl (C=O) groups excluding carboxylic acids is 2. The van der Waals surface area contributed by atoms with E-state index in [0.29, 0.717) is 26.4 Å². The van der Waals surface area contributed by atoms with Crippen LogP contribution in [-0.4, -0.2) is 78.0 Å². The van der Waals surface area contributed by atoms with Crippen LogP contribution in [0.2, 0.25) is 0 Å². The first-order valence-corrected chi connectivity index (χ1v) is 11.2. The third-order valence-corrected chi connectivity index (χ3v) is 4.56. The Bertz CT molecular complexity index is 393. The van der Waals surface area contributed by atoms with Crippen molar-refractivity contribution in [2.75, 3.05) is 66.1 Å². The Hall–Kier alpha value is -1.22. The quantitative estimate of drug-likeness (QED) is 0.155. The van der Waals surface area contributed by atoms with E-state index in [2.05, 4.69) is 13.8 Å². The predicted octanol–water partition coefficient (Wildman–Crippen LogP) is 3.16. The molecule has 0 spiro atoms. The zero-order chi connectivity index (χ0) is 22.5. The summed E-state index contributed by atoms with van der Waals surface area (Å²) >= 11 is 0. The smallest absolute Gasteiger partial charge is 0.323 e. The molecule has 0 aromatic carbocycles. The summed E-state index contributed by atoms with van der Waals surface area (Å²) in [5.41, 5.74) is -1.34. The summed E-state index contributed by atoms with van der Waals surface area (Å²) in [5.74, 6) is -1.22. The molecule has 178 valence electrons. The van der Waals surface area contributed by atoms with Gasteiger partial charge in [-0.3, -0.25) is 9.59 Å². The highest BCUT2D eigenvalue weighted by Gasteiger charge is 2.42. The van der Waals surface area contributed by atoms with Crippen LogP contribution in [0, 0.1) is 5.41 Å². The molecule has 0 saturated heterocycles. The number of ether oxygens (including phenoxy) is 6. The first-order valence-electron chi connectivity index (χ1n) is 11.2. The number of hydrogen-bond acceptors (Lipinski definition) is 8. The van der Waals surface area contributed by atoms with Gasteiger partial charge in [0.2, 0.25) is 0 Å². The molecule has 0 aromatic heterocycles. The standard InChI is InChI=1S/C22H42O8/c1-5-8-10-25-12-14-27-16-18-29-20(23)22(4,7-3)21(24)30-19-17-28-15-13-26-11-9-6-2/h5-19H2,1-4H3. The molecule has 0 fully saturated rings. The minimum Gasteiger partial charge on any atom is -0.462 e. The zero-order valence-corrected chi connectivity index (χ0v) is 19.4. The SMILES string of the molecule is CCCCOCCOCCOC(=O)C(C)(CC)C(=O)OCCOCCOCCCC. The van der Waals surface area contributed by atoms with E-state index in [1.165, 1.54) is 6.92 Å². The van der Waals surface area contributed by atoms with Gasteiger partial charge in [0.1, 0.15) is 13.2 Å². The maximum absolute atomic E-state index is 12.4. The number of esters is 2. The van der Waals surface area contributed by atoms with E-state index in [0.717, 1.165) is 38.9 Å². The van der Waals surface area contributed by atoms with Crippen molar-refractivity contribution in [3.05, 3.63) is 0 Å². The lowest BCUT2D eigenvalue weighted by Gasteiger charge is -2.23. The second-order valence-corrected chi connectivity index (χ2v) is 7.11. The summed E-state index contributed by atoms with van der Waals surface area (Å²) in [4.78, 5) is 24.7. The molecule has 0 radical (unpaired) electrons. The van der Waals surface area contributed by atoms with Gasteiger partial charge in [-0.25, -0.2) is 0 Å². The van der Waals surface area contributed by atoms with E-state index in [1.54, 1.807) is 6.92 Å². The van der Waals surface area contributed by atoms with Gasteiger partial charge in [0.05, 0.1) is 39.6 Å². The summed E-state index contributed by atoms with van der Waals surface area (Å²) in [6, 6.07) is 0. The van der Waals surface area contributed by atoms with Crippen LogP contribution in [0.4, 0.5) is 0 Å². The lowest BCUT2D eigenvalue weighted by atomic mass is 9.88. The van der Waals surface area contributed by atoms with E-state index in [-0.39, 0.29) is 32.8 Å². The van der Waals surface area contributed by atoms with Crippen molar-refractivity contribution in [1.82, 2.24) is 0 Å². The van der Waals surface area contributed by atoms with Crippen molar-refractivity contribution in [1.29, 1.82) is 0 Å². The van der Waals surface area contributed by atoms with E-state index in [1.807, 2.05) is 0 Å². The molecule has 0 amide bonds. The predicted molar refractivity (Wildman–Crippen MR) is 113 cm³/mol. The first kappa shape index (κ1) is 28.8. The molecule has 0 aliphatic rings. The summed E-state index contributed by atoms with van der Waals surface area (Å²) < 4.78 is 31.9. The lowest BCUT2D eigenvalue weighted by molar-refractivity contribution is -0.173. The van der Waals surface area contributed by atoms with Crippen molar-refractivity contribution in [2.45, 2.75) is 59.8 Å². The minimum atomic E-state index is -1.34. The van der Waals surface area contributed by atoms with E-state index >= 15 is 0 Å². The molecule has 0 saturated carbocycles. The molecule has 0 N–H and O–H groups in total. The average Bonchev–Trinajstić information content (AvgIpc) is 2.75. The monoisotopic (exact) mass is 434 g/mol. The Morgan fingerprint density at radius 3 is 1.23 bits per heavy atom. The number of rotatable bonds is 21. The fourth-order valence-electron chi connectivity index (χ4n) is 2.21. The van der Waals surface area contributed by atoms with Gasteiger partial charge in [-0.15, -0.1) is 0 Å². The van der Waals surface area contributed by atoms with Crippen LogP contribution in [0.5, 0.6) is 0 Å². The van der Waals surface area contributed by atoms with Crippen LogP contribution >= 0.6 is 0 Å². The average molecular weight is 435 g/mol. The molecular weight excluding hydrogens is 392 g/mol. The Labute approximate surface area is 181 Å². The molecule has 0 heterocycles. The Balaban J connectivity index is 3.90. The van der Waals surface area contributed by atoms with Gasteiger partial charge in [-0.2, -0.15) is 0 Å². The molecule has 0 unspecified atom stereocenters. The van der Waals surface area contributed by atoms with Crippen molar-refractivity contribution in [2.24, 2.45) is 5.41 Å². The summed E-state index contributed by atoms with van der Waals surface area (Å²) in [5, 5.41) is 0. The maximum Gasteiger partial charge on any atom is 0.323 e. The third-order valence-electron chi connectivity index (χ3n) is 4.56. The van der Waals surface area contributed by atoms with Gasteiger partial charge >= 0.3 is 11.9 Å².